The molecule has 37 heavy (non-hydrogen) atoms. The van der Waals surface area contributed by atoms with Crippen LogP contribution in [0.3, 0.4) is 0 Å². The number of nitrogens with one attached hydrogen (secondary N) is 3. The molecule has 0 saturated heterocycles. The zero-order valence-corrected chi connectivity index (χ0v) is 22.3. The average Bonchev–Trinajstić information content (AvgIpc) is 3.67. The van der Waals surface area contributed by atoms with Crippen molar-refractivity contribution in [2.75, 3.05) is 11.9 Å². The lowest BCUT2D eigenvalue weighted by atomic mass is 10.1. The van der Waals surface area contributed by atoms with Crippen LogP contribution in [0.4, 0.5) is 18.9 Å². The molecule has 0 spiro atoms. The van der Waals surface area contributed by atoms with Crippen LogP contribution in [0.25, 0.3) is 0 Å². The van der Waals surface area contributed by atoms with Crippen molar-refractivity contribution < 1.29 is 27.6 Å². The average molecular weight is 618 g/mol. The lowest BCUT2D eigenvalue weighted by molar-refractivity contribution is -0.140. The van der Waals surface area contributed by atoms with E-state index in [9.17, 15) is 27.6 Å². The summed E-state index contributed by atoms with van der Waals surface area (Å²) in [4.78, 5) is 38.0. The van der Waals surface area contributed by atoms with Crippen molar-refractivity contribution in [3.8, 4) is 0 Å². The maximum Gasteiger partial charge on any atom is 0.405 e. The molecule has 2 aromatic rings. The quantitative estimate of drug-likeness (QED) is 0.328. The van der Waals surface area contributed by atoms with Crippen LogP contribution in [0.5, 0.6) is 0 Å². The smallest absolute Gasteiger partial charge is 0.345 e. The summed E-state index contributed by atoms with van der Waals surface area (Å²) in [6, 6.07) is 8.81. The second-order valence-corrected chi connectivity index (χ2v) is 11.6. The number of amides is 3. The minimum atomic E-state index is -4.59. The van der Waals surface area contributed by atoms with Crippen molar-refractivity contribution in [2.24, 2.45) is 5.92 Å². The summed E-state index contributed by atoms with van der Waals surface area (Å²) in [5.41, 5.74) is -0.783. The standard InChI is InChI=1S/C23H17Cl5F3N3O3/c24-11-5-10(6-12(25)7-11)16-17(23(16,27)28)19(36)33-13-1-2-15(26)14(8-13)18(35)34-21(3-4-21)20(37)32-9-22(29,30)31/h1-2,5-8,16-17H,3-4,9H2,(H,32,37)(H,33,36)(H,34,35)/t16-,17+/m1/s1. The van der Waals surface area contributed by atoms with E-state index < -0.39 is 52.2 Å². The molecule has 0 unspecified atom stereocenters. The zero-order chi connectivity index (χ0) is 27.3. The highest BCUT2D eigenvalue weighted by molar-refractivity contribution is 6.53. The maximum atomic E-state index is 13.0. The number of carbonyl (C=O) groups is 3. The molecule has 2 aromatic carbocycles. The van der Waals surface area contributed by atoms with Gasteiger partial charge in [-0.15, -0.1) is 23.2 Å². The van der Waals surface area contributed by atoms with Gasteiger partial charge in [0, 0.05) is 21.7 Å². The molecule has 0 bridgehead atoms. The Morgan fingerprint density at radius 2 is 1.59 bits per heavy atom. The van der Waals surface area contributed by atoms with Crippen molar-refractivity contribution in [3.63, 3.8) is 0 Å². The van der Waals surface area contributed by atoms with E-state index in [2.05, 4.69) is 10.6 Å². The first kappa shape index (κ1) is 28.1. The van der Waals surface area contributed by atoms with Crippen molar-refractivity contribution in [2.45, 2.75) is 34.8 Å². The lowest BCUT2D eigenvalue weighted by Crippen LogP contribution is -2.50. The highest BCUT2D eigenvalue weighted by atomic mass is 35.5. The Morgan fingerprint density at radius 3 is 2.16 bits per heavy atom. The molecule has 0 heterocycles. The number of hydrogen-bond donors (Lipinski definition) is 3. The van der Waals surface area contributed by atoms with Crippen molar-refractivity contribution in [1.82, 2.24) is 10.6 Å². The highest BCUT2D eigenvalue weighted by Crippen LogP contribution is 2.65. The molecule has 2 saturated carbocycles. The SMILES string of the molecule is O=C(NC1(C(=O)NCC(F)(F)F)CC1)c1cc(NC(=O)[C@@H]2[C@@H](c3cc(Cl)cc(Cl)c3)C2(Cl)Cl)ccc1Cl. The topological polar surface area (TPSA) is 87.3 Å². The van der Waals surface area contributed by atoms with E-state index in [4.69, 9.17) is 58.0 Å². The Balaban J connectivity index is 1.45. The summed E-state index contributed by atoms with van der Waals surface area (Å²) in [7, 11) is 0. The fourth-order valence-electron chi connectivity index (χ4n) is 3.99. The number of hydrogen-bond acceptors (Lipinski definition) is 3. The molecule has 2 aliphatic carbocycles. The molecule has 3 amide bonds. The number of rotatable bonds is 7. The maximum absolute atomic E-state index is 13.0. The fraction of sp³-hybridized carbons (Fsp3) is 0.348. The predicted molar refractivity (Wildman–Crippen MR) is 136 cm³/mol. The molecule has 0 aromatic heterocycles. The van der Waals surface area contributed by atoms with Crippen molar-refractivity contribution >= 4 is 81.4 Å². The van der Waals surface area contributed by atoms with Gasteiger partial charge in [-0.1, -0.05) is 34.8 Å². The van der Waals surface area contributed by atoms with Gasteiger partial charge in [-0.3, -0.25) is 14.4 Å². The first-order chi connectivity index (χ1) is 17.1. The van der Waals surface area contributed by atoms with Gasteiger partial charge in [-0.05, 0) is 54.8 Å². The minimum Gasteiger partial charge on any atom is -0.345 e. The third kappa shape index (κ3) is 6.23. The second kappa shape index (κ2) is 10.0. The lowest BCUT2D eigenvalue weighted by Gasteiger charge is -2.18. The molecule has 4 rings (SSSR count). The van der Waals surface area contributed by atoms with Gasteiger partial charge in [-0.25, -0.2) is 0 Å². The van der Waals surface area contributed by atoms with E-state index in [0.29, 0.717) is 15.6 Å². The van der Waals surface area contributed by atoms with E-state index >= 15 is 0 Å². The largest absolute Gasteiger partial charge is 0.405 e. The third-order valence-electron chi connectivity index (χ3n) is 6.05. The van der Waals surface area contributed by atoms with Crippen LogP contribution in [0.1, 0.15) is 34.7 Å². The minimum absolute atomic E-state index is 0.00361. The number of benzene rings is 2. The van der Waals surface area contributed by atoms with Crippen LogP contribution in [-0.4, -0.2) is 40.3 Å². The number of carbonyl (C=O) groups excluding carboxylic acids is 3. The van der Waals surface area contributed by atoms with Crippen molar-refractivity contribution in [3.05, 3.63) is 62.6 Å². The molecule has 2 fully saturated rings. The molecular formula is C23H17Cl5F3N3O3. The summed E-state index contributed by atoms with van der Waals surface area (Å²) in [5, 5.41) is 7.56. The Kier molecular flexibility index (Phi) is 7.60. The van der Waals surface area contributed by atoms with Crippen LogP contribution >= 0.6 is 58.0 Å². The summed E-state index contributed by atoms with van der Waals surface area (Å²) < 4.78 is 35.9. The van der Waals surface area contributed by atoms with Gasteiger partial charge in [-0.2, -0.15) is 13.2 Å². The molecule has 2 atom stereocenters. The number of alkyl halides is 5. The van der Waals surface area contributed by atoms with Gasteiger partial charge in [0.15, 0.2) is 0 Å². The normalized spacial score (nSPS) is 21.1. The monoisotopic (exact) mass is 615 g/mol. The Bertz CT molecular complexity index is 1260. The fourth-order valence-corrected chi connectivity index (χ4v) is 5.56. The van der Waals surface area contributed by atoms with E-state index in [-0.39, 0.29) is 29.1 Å². The van der Waals surface area contributed by atoms with Crippen molar-refractivity contribution in [1.29, 1.82) is 0 Å². The summed E-state index contributed by atoms with van der Waals surface area (Å²) in [6.45, 7) is -1.52. The molecule has 0 aliphatic heterocycles. The van der Waals surface area contributed by atoms with Gasteiger partial charge in [0.25, 0.3) is 5.91 Å². The number of anilines is 1. The molecule has 2 aliphatic rings. The zero-order valence-electron chi connectivity index (χ0n) is 18.5. The first-order valence-electron chi connectivity index (χ1n) is 10.7. The highest BCUT2D eigenvalue weighted by Gasteiger charge is 2.67. The summed E-state index contributed by atoms with van der Waals surface area (Å²) >= 11 is 31.0. The Labute approximate surface area is 234 Å². The molecule has 0 radical (unpaired) electrons. The molecule has 198 valence electrons. The predicted octanol–water partition coefficient (Wildman–Crippen LogP) is 6.11. The van der Waals surface area contributed by atoms with Crippen LogP contribution in [0.2, 0.25) is 15.1 Å². The van der Waals surface area contributed by atoms with Gasteiger partial charge >= 0.3 is 6.18 Å². The van der Waals surface area contributed by atoms with Crippen LogP contribution in [0, 0.1) is 5.92 Å². The van der Waals surface area contributed by atoms with Gasteiger partial charge in [0.1, 0.15) is 16.4 Å². The third-order valence-corrected chi connectivity index (χ3v) is 7.75. The Morgan fingerprint density at radius 1 is 0.973 bits per heavy atom. The molecular weight excluding hydrogens is 601 g/mol. The molecule has 14 heteroatoms. The van der Waals surface area contributed by atoms with E-state index in [0.717, 1.165) is 0 Å². The van der Waals surface area contributed by atoms with Crippen LogP contribution in [0.15, 0.2) is 36.4 Å². The molecule has 6 nitrogen and oxygen atoms in total. The Hall–Kier alpha value is -1.91. The second-order valence-electron chi connectivity index (χ2n) is 8.85. The summed E-state index contributed by atoms with van der Waals surface area (Å²) in [5.74, 6) is -3.72. The number of halogens is 8. The van der Waals surface area contributed by atoms with E-state index in [1.54, 1.807) is 17.4 Å². The van der Waals surface area contributed by atoms with Gasteiger partial charge in [0.05, 0.1) is 16.5 Å². The van der Waals surface area contributed by atoms with Gasteiger partial charge in [0.2, 0.25) is 11.8 Å². The first-order valence-corrected chi connectivity index (χ1v) is 12.6. The van der Waals surface area contributed by atoms with E-state index in [1.807, 2.05) is 0 Å². The summed E-state index contributed by atoms with van der Waals surface area (Å²) in [6.07, 6.45) is -4.25. The van der Waals surface area contributed by atoms with Crippen LogP contribution in [-0.2, 0) is 9.59 Å². The molecule has 3 N–H and O–H groups in total. The van der Waals surface area contributed by atoms with Crippen LogP contribution < -0.4 is 16.0 Å². The van der Waals surface area contributed by atoms with E-state index in [1.165, 1.54) is 24.3 Å². The van der Waals surface area contributed by atoms with Gasteiger partial charge < -0.3 is 16.0 Å².